The second-order valence-electron chi connectivity index (χ2n) is 3.59. The van der Waals surface area contributed by atoms with Crippen LogP contribution in [0.2, 0.25) is 0 Å². The van der Waals surface area contributed by atoms with Crippen molar-refractivity contribution in [1.29, 1.82) is 0 Å². The van der Waals surface area contributed by atoms with Crippen LogP contribution in [0.3, 0.4) is 0 Å². The molecule has 1 atom stereocenters. The van der Waals surface area contributed by atoms with Gasteiger partial charge in [-0.1, -0.05) is 4.85 Å². The standard InChI is InChI=1S/C10H12N5O/c1-6-12-5-8-9(14-6)13-4-7(11-2)10(16)15(8)3/h2,5,7H,4H2,1,3H3,(H,12,13,14)/q+1. The van der Waals surface area contributed by atoms with Crippen LogP contribution in [0, 0.1) is 13.5 Å². The van der Waals surface area contributed by atoms with E-state index in [2.05, 4.69) is 20.1 Å². The van der Waals surface area contributed by atoms with Crippen LogP contribution in [-0.4, -0.2) is 35.5 Å². The highest BCUT2D eigenvalue weighted by Gasteiger charge is 2.35. The minimum absolute atomic E-state index is 0.166. The molecule has 1 aliphatic heterocycles. The van der Waals surface area contributed by atoms with Gasteiger partial charge in [0.2, 0.25) is 0 Å². The molecule has 16 heavy (non-hydrogen) atoms. The van der Waals surface area contributed by atoms with Crippen molar-refractivity contribution in [2.75, 3.05) is 23.8 Å². The summed E-state index contributed by atoms with van der Waals surface area (Å²) in [7, 11) is 1.66. The zero-order chi connectivity index (χ0) is 11.7. The maximum Gasteiger partial charge on any atom is 0.365 e. The molecule has 0 bridgehead atoms. The molecular formula is C10H12N5O+. The largest absolute Gasteiger partial charge is 0.365 e. The van der Waals surface area contributed by atoms with Crippen molar-refractivity contribution >= 4 is 17.4 Å². The summed E-state index contributed by atoms with van der Waals surface area (Å²) in [6.45, 7) is 7.33. The van der Waals surface area contributed by atoms with Gasteiger partial charge >= 0.3 is 11.9 Å². The first-order valence-corrected chi connectivity index (χ1v) is 4.88. The van der Waals surface area contributed by atoms with E-state index < -0.39 is 6.04 Å². The normalized spacial score (nSPS) is 19.4. The Bertz CT molecular complexity index is 479. The number of nitrogens with one attached hydrogen (secondary N) is 1. The molecule has 1 N–H and O–H groups in total. The highest BCUT2D eigenvalue weighted by atomic mass is 16.2. The van der Waals surface area contributed by atoms with Crippen LogP contribution in [0.15, 0.2) is 6.20 Å². The quantitative estimate of drug-likeness (QED) is 0.689. The number of hydrogen-bond acceptors (Lipinski definition) is 4. The van der Waals surface area contributed by atoms with E-state index in [1.165, 1.54) is 4.90 Å². The average molecular weight is 218 g/mol. The summed E-state index contributed by atoms with van der Waals surface area (Å²) in [5.41, 5.74) is 0.641. The van der Waals surface area contributed by atoms with Crippen LogP contribution in [0.4, 0.5) is 11.5 Å². The molecule has 1 unspecified atom stereocenters. The fourth-order valence-corrected chi connectivity index (χ4v) is 1.58. The summed E-state index contributed by atoms with van der Waals surface area (Å²) in [5, 5.41) is 3.04. The number of carbonyl (C=O) groups excluding carboxylic acids is 1. The first-order chi connectivity index (χ1) is 7.63. The molecule has 1 amide bonds. The molecule has 0 saturated heterocycles. The summed E-state index contributed by atoms with van der Waals surface area (Å²) < 4.78 is 0. The summed E-state index contributed by atoms with van der Waals surface area (Å²) in [6.07, 6.45) is 1.61. The van der Waals surface area contributed by atoms with Gasteiger partial charge in [0.05, 0.1) is 6.20 Å². The van der Waals surface area contributed by atoms with E-state index in [1.54, 1.807) is 20.2 Å². The summed E-state index contributed by atoms with van der Waals surface area (Å²) >= 11 is 0. The highest BCUT2D eigenvalue weighted by Crippen LogP contribution is 2.25. The number of nitrogens with zero attached hydrogens (tertiary/aromatic N) is 4. The van der Waals surface area contributed by atoms with Gasteiger partial charge in [0.1, 0.15) is 18.1 Å². The molecule has 0 saturated carbocycles. The van der Waals surface area contributed by atoms with Crippen LogP contribution < -0.4 is 10.2 Å². The molecule has 1 aromatic rings. The minimum Gasteiger partial charge on any atom is -0.360 e. The third-order valence-corrected chi connectivity index (χ3v) is 2.51. The molecule has 82 valence electrons. The Labute approximate surface area is 93.1 Å². The van der Waals surface area contributed by atoms with Crippen molar-refractivity contribution in [2.45, 2.75) is 13.0 Å². The summed E-state index contributed by atoms with van der Waals surface area (Å²) in [5.74, 6) is 1.12. The molecule has 0 aromatic carbocycles. The van der Waals surface area contributed by atoms with E-state index in [9.17, 15) is 4.79 Å². The fraction of sp³-hybridized carbons (Fsp3) is 0.400. The molecule has 0 aliphatic carbocycles. The summed E-state index contributed by atoms with van der Waals surface area (Å²) in [6, 6.07) is -0.584. The number of anilines is 2. The number of aromatic nitrogens is 2. The third kappa shape index (κ3) is 1.56. The zero-order valence-electron chi connectivity index (χ0n) is 9.14. The SMILES string of the molecule is C#[N+]C1CNc2nc(C)ncc2N(C)C1=O. The highest BCUT2D eigenvalue weighted by molar-refractivity contribution is 6.01. The lowest BCUT2D eigenvalue weighted by Gasteiger charge is -2.14. The molecule has 2 heterocycles. The van der Waals surface area contributed by atoms with Gasteiger partial charge in [-0.2, -0.15) is 0 Å². The molecule has 6 nitrogen and oxygen atoms in total. The topological polar surface area (TPSA) is 62.5 Å². The first-order valence-electron chi connectivity index (χ1n) is 4.88. The van der Waals surface area contributed by atoms with E-state index in [-0.39, 0.29) is 5.91 Å². The van der Waals surface area contributed by atoms with Gasteiger partial charge in [0.25, 0.3) is 6.57 Å². The van der Waals surface area contributed by atoms with Crippen molar-refractivity contribution in [3.63, 3.8) is 0 Å². The molecular weight excluding hydrogens is 206 g/mol. The molecule has 1 aromatic heterocycles. The van der Waals surface area contributed by atoms with Crippen LogP contribution >= 0.6 is 0 Å². The molecule has 0 radical (unpaired) electrons. The van der Waals surface area contributed by atoms with E-state index in [4.69, 9.17) is 6.57 Å². The van der Waals surface area contributed by atoms with Crippen molar-refractivity contribution in [3.8, 4) is 6.57 Å². The lowest BCUT2D eigenvalue weighted by atomic mass is 10.3. The van der Waals surface area contributed by atoms with Crippen molar-refractivity contribution < 1.29 is 4.79 Å². The maximum absolute atomic E-state index is 11.9. The monoisotopic (exact) mass is 218 g/mol. The van der Waals surface area contributed by atoms with Crippen molar-refractivity contribution in [1.82, 2.24) is 9.97 Å². The molecule has 6 heteroatoms. The number of fused-ring (bicyclic) bond motifs is 1. The predicted molar refractivity (Wildman–Crippen MR) is 60.8 cm³/mol. The fourth-order valence-electron chi connectivity index (χ4n) is 1.58. The van der Waals surface area contributed by atoms with Crippen molar-refractivity contribution in [2.24, 2.45) is 0 Å². The third-order valence-electron chi connectivity index (χ3n) is 2.51. The Balaban J connectivity index is 2.46. The second kappa shape index (κ2) is 3.77. The number of carbonyl (C=O) groups is 1. The van der Waals surface area contributed by atoms with Gasteiger partial charge in [-0.15, -0.1) is 0 Å². The van der Waals surface area contributed by atoms with E-state index in [0.717, 1.165) is 0 Å². The Morgan fingerprint density at radius 2 is 2.44 bits per heavy atom. The van der Waals surface area contributed by atoms with E-state index in [1.807, 2.05) is 0 Å². The van der Waals surface area contributed by atoms with Crippen LogP contribution in [0.25, 0.3) is 4.85 Å². The summed E-state index contributed by atoms with van der Waals surface area (Å²) in [4.78, 5) is 25.2. The Hall–Kier alpha value is -2.16. The number of hydrogen-bond donors (Lipinski definition) is 1. The first kappa shape index (κ1) is 10.4. The van der Waals surface area contributed by atoms with E-state index >= 15 is 0 Å². The molecule has 2 rings (SSSR count). The average Bonchev–Trinajstić information content (AvgIpc) is 2.38. The lowest BCUT2D eigenvalue weighted by Crippen LogP contribution is -2.35. The van der Waals surface area contributed by atoms with E-state index in [0.29, 0.717) is 23.9 Å². The number of aryl methyl sites for hydroxylation is 1. The second-order valence-corrected chi connectivity index (χ2v) is 3.59. The van der Waals surface area contributed by atoms with Gasteiger partial charge in [-0.25, -0.2) is 9.97 Å². The minimum atomic E-state index is -0.584. The Morgan fingerprint density at radius 1 is 1.69 bits per heavy atom. The van der Waals surface area contributed by atoms with Gasteiger partial charge in [-0.3, -0.25) is 4.79 Å². The van der Waals surface area contributed by atoms with Gasteiger partial charge in [0, 0.05) is 7.05 Å². The van der Waals surface area contributed by atoms with Crippen LogP contribution in [0.1, 0.15) is 5.82 Å². The molecule has 1 aliphatic rings. The van der Waals surface area contributed by atoms with Crippen LogP contribution in [0.5, 0.6) is 0 Å². The lowest BCUT2D eigenvalue weighted by molar-refractivity contribution is -0.118. The zero-order valence-corrected chi connectivity index (χ0v) is 9.14. The van der Waals surface area contributed by atoms with Gasteiger partial charge in [-0.05, 0) is 6.92 Å². The Kier molecular flexibility index (Phi) is 2.44. The molecule has 0 spiro atoms. The maximum atomic E-state index is 11.9. The van der Waals surface area contributed by atoms with Gasteiger partial charge in [0.15, 0.2) is 5.82 Å². The number of likely N-dealkylation sites (N-methyl/N-ethyl adjacent to an activating group) is 1. The number of amides is 1. The predicted octanol–water partition coefficient (Wildman–Crippen LogP) is 0.505. The van der Waals surface area contributed by atoms with Gasteiger partial charge < -0.3 is 10.2 Å². The number of rotatable bonds is 0. The Morgan fingerprint density at radius 3 is 3.12 bits per heavy atom. The smallest absolute Gasteiger partial charge is 0.360 e. The molecule has 0 fully saturated rings. The van der Waals surface area contributed by atoms with Crippen molar-refractivity contribution in [3.05, 3.63) is 16.9 Å². The van der Waals surface area contributed by atoms with Crippen LogP contribution in [-0.2, 0) is 4.79 Å².